The zero-order chi connectivity index (χ0) is 29.1. The van der Waals surface area contributed by atoms with Crippen LogP contribution < -0.4 is 0 Å². The zero-order valence-corrected chi connectivity index (χ0v) is 26.2. The Morgan fingerprint density at radius 1 is 1.07 bits per heavy atom. The van der Waals surface area contributed by atoms with Gasteiger partial charge in [0, 0.05) is 12.5 Å². The molecule has 0 heterocycles. The van der Waals surface area contributed by atoms with Crippen molar-refractivity contribution in [3.05, 3.63) is 11.6 Å². The largest absolute Gasteiger partial charge is 0.505 e. The number of carbonyl (C=O) groups is 1. The van der Waals surface area contributed by atoms with Gasteiger partial charge in [0.2, 0.25) is 0 Å². The van der Waals surface area contributed by atoms with Gasteiger partial charge in [-0.3, -0.25) is 0 Å². The van der Waals surface area contributed by atoms with Gasteiger partial charge in [-0.2, -0.15) is 0 Å². The van der Waals surface area contributed by atoms with Crippen LogP contribution in [-0.4, -0.2) is 55.0 Å². The molecule has 0 aromatic rings. The molecule has 2 N–H and O–H groups in total. The summed E-state index contributed by atoms with van der Waals surface area (Å²) in [6.45, 7) is 15.7. The molecule has 3 saturated carbocycles. The van der Waals surface area contributed by atoms with E-state index in [-0.39, 0.29) is 17.9 Å². The van der Waals surface area contributed by atoms with Crippen LogP contribution in [0.25, 0.3) is 0 Å². The van der Waals surface area contributed by atoms with Gasteiger partial charge in [-0.25, -0.2) is 4.79 Å². The lowest BCUT2D eigenvalue weighted by molar-refractivity contribution is -0.135. The SMILES string of the molecule is CCOCCOC(COC(=O)O)C1C[C@H](O)CC2=CC[C@H]3[C@@H]4CC[C@H]([C@H](C)CCCC(C)C)[C@@]4(C)CC[C@@H]3[C@]21C. The Hall–Kier alpha value is -1.11. The van der Waals surface area contributed by atoms with Gasteiger partial charge in [-0.05, 0) is 98.2 Å². The molecule has 6 heteroatoms. The summed E-state index contributed by atoms with van der Waals surface area (Å²) in [6.07, 6.45) is 12.0. The average molecular weight is 563 g/mol. The number of ether oxygens (including phenoxy) is 3. The highest BCUT2D eigenvalue weighted by molar-refractivity contribution is 5.56. The van der Waals surface area contributed by atoms with E-state index < -0.39 is 18.4 Å². The van der Waals surface area contributed by atoms with Gasteiger partial charge in [-0.15, -0.1) is 0 Å². The first-order chi connectivity index (χ1) is 19.0. The van der Waals surface area contributed by atoms with E-state index in [2.05, 4.69) is 40.7 Å². The minimum absolute atomic E-state index is 0.00376. The lowest BCUT2D eigenvalue weighted by Gasteiger charge is -2.61. The second kappa shape index (κ2) is 13.5. The standard InChI is InChI=1S/C34H58O6/c1-7-38-17-18-39-31(21-40-32(36)37)30-20-25(35)19-24-11-12-26-28-14-13-27(23(4)10-8-9-22(2)3)33(28,5)16-15-29(26)34(24,30)6/h11,22-23,25-31,35H,7-10,12-21H2,1-6H3,(H,36,37)/t23-,25-,26+,27-,28+,29+,30?,31?,33-,34+/m1/s1. The number of fused-ring (bicyclic) bond motifs is 5. The smallest absolute Gasteiger partial charge is 0.450 e. The Labute approximate surface area is 243 Å². The van der Waals surface area contributed by atoms with Gasteiger partial charge >= 0.3 is 6.16 Å². The van der Waals surface area contributed by atoms with Crippen molar-refractivity contribution in [2.45, 2.75) is 118 Å². The maximum Gasteiger partial charge on any atom is 0.505 e. The molecule has 2 unspecified atom stereocenters. The Morgan fingerprint density at radius 2 is 1.85 bits per heavy atom. The molecule has 0 saturated heterocycles. The number of hydrogen-bond donors (Lipinski definition) is 2. The summed E-state index contributed by atoms with van der Waals surface area (Å²) in [7, 11) is 0. The van der Waals surface area contributed by atoms with E-state index in [1.807, 2.05) is 6.92 Å². The molecule has 0 radical (unpaired) electrons. The highest BCUT2D eigenvalue weighted by Crippen LogP contribution is 2.68. The average Bonchev–Trinajstić information content (AvgIpc) is 3.25. The molecular formula is C34H58O6. The third-order valence-electron chi connectivity index (χ3n) is 12.1. The second-order valence-electron chi connectivity index (χ2n) is 14.5. The summed E-state index contributed by atoms with van der Waals surface area (Å²) in [4.78, 5) is 11.4. The monoisotopic (exact) mass is 562 g/mol. The molecule has 230 valence electrons. The topological polar surface area (TPSA) is 85.2 Å². The first kappa shape index (κ1) is 31.8. The fourth-order valence-electron chi connectivity index (χ4n) is 10.2. The van der Waals surface area contributed by atoms with E-state index in [0.29, 0.717) is 43.5 Å². The molecule has 0 aromatic carbocycles. The predicted octanol–water partition coefficient (Wildman–Crippen LogP) is 7.73. The highest BCUT2D eigenvalue weighted by atomic mass is 16.7. The Balaban J connectivity index is 1.56. The summed E-state index contributed by atoms with van der Waals surface area (Å²) in [5.74, 6) is 4.29. The van der Waals surface area contributed by atoms with Crippen molar-refractivity contribution >= 4 is 6.16 Å². The summed E-state index contributed by atoms with van der Waals surface area (Å²) in [6, 6.07) is 0. The summed E-state index contributed by atoms with van der Waals surface area (Å²) >= 11 is 0. The molecule has 0 aromatic heterocycles. The van der Waals surface area contributed by atoms with Crippen LogP contribution in [0.1, 0.15) is 106 Å². The maximum absolute atomic E-state index is 11.4. The van der Waals surface area contributed by atoms with E-state index in [9.17, 15) is 15.0 Å². The molecule has 40 heavy (non-hydrogen) atoms. The van der Waals surface area contributed by atoms with Crippen molar-refractivity contribution < 1.29 is 29.2 Å². The number of aliphatic hydroxyl groups excluding tert-OH is 1. The molecule has 6 nitrogen and oxygen atoms in total. The first-order valence-electron chi connectivity index (χ1n) is 16.4. The number of allylic oxidation sites excluding steroid dienone is 1. The Bertz CT molecular complexity index is 870. The third kappa shape index (κ3) is 6.44. The van der Waals surface area contributed by atoms with Gasteiger partial charge in [-0.1, -0.05) is 65.5 Å². The van der Waals surface area contributed by atoms with Crippen LogP contribution in [0.3, 0.4) is 0 Å². The quantitative estimate of drug-likeness (QED) is 0.136. The zero-order valence-electron chi connectivity index (χ0n) is 26.2. The Kier molecular flexibility index (Phi) is 10.7. The summed E-state index contributed by atoms with van der Waals surface area (Å²) < 4.78 is 17.0. The normalized spacial score (nSPS) is 38.6. The number of aliphatic hydroxyl groups is 1. The molecular weight excluding hydrogens is 504 g/mol. The fraction of sp³-hybridized carbons (Fsp3) is 0.912. The molecule has 0 amide bonds. The maximum atomic E-state index is 11.4. The van der Waals surface area contributed by atoms with E-state index in [4.69, 9.17) is 14.2 Å². The van der Waals surface area contributed by atoms with Crippen LogP contribution in [0, 0.1) is 52.3 Å². The van der Waals surface area contributed by atoms with Crippen molar-refractivity contribution in [3.63, 3.8) is 0 Å². The van der Waals surface area contributed by atoms with Gasteiger partial charge in [0.15, 0.2) is 0 Å². The highest BCUT2D eigenvalue weighted by Gasteiger charge is 2.62. The van der Waals surface area contributed by atoms with E-state index in [1.165, 1.54) is 50.5 Å². The molecule has 4 aliphatic rings. The molecule has 3 fully saturated rings. The van der Waals surface area contributed by atoms with Crippen LogP contribution in [0.4, 0.5) is 4.79 Å². The van der Waals surface area contributed by atoms with Crippen LogP contribution in [0.15, 0.2) is 11.6 Å². The molecule has 4 aliphatic carbocycles. The first-order valence-corrected chi connectivity index (χ1v) is 16.4. The number of hydrogen-bond acceptors (Lipinski definition) is 5. The van der Waals surface area contributed by atoms with E-state index in [0.717, 1.165) is 36.5 Å². The number of carboxylic acid groups (broad SMARTS) is 1. The number of rotatable bonds is 13. The van der Waals surface area contributed by atoms with Crippen molar-refractivity contribution in [1.29, 1.82) is 0 Å². The second-order valence-corrected chi connectivity index (χ2v) is 14.5. The van der Waals surface area contributed by atoms with Crippen LogP contribution in [0.5, 0.6) is 0 Å². The van der Waals surface area contributed by atoms with E-state index >= 15 is 0 Å². The molecule has 10 atom stereocenters. The minimum atomic E-state index is -1.27. The van der Waals surface area contributed by atoms with Crippen molar-refractivity contribution in [2.75, 3.05) is 26.4 Å². The minimum Gasteiger partial charge on any atom is -0.450 e. The van der Waals surface area contributed by atoms with Gasteiger partial charge in [0.25, 0.3) is 0 Å². The van der Waals surface area contributed by atoms with Crippen molar-refractivity contribution in [1.82, 2.24) is 0 Å². The van der Waals surface area contributed by atoms with Crippen LogP contribution in [-0.2, 0) is 14.2 Å². The molecule has 0 spiro atoms. The van der Waals surface area contributed by atoms with Gasteiger partial charge in [0.05, 0.1) is 25.4 Å². The van der Waals surface area contributed by atoms with E-state index in [1.54, 1.807) is 0 Å². The third-order valence-corrected chi connectivity index (χ3v) is 12.1. The lowest BCUT2D eigenvalue weighted by Crippen LogP contribution is -2.57. The fourth-order valence-corrected chi connectivity index (χ4v) is 10.2. The molecule has 4 rings (SSSR count). The lowest BCUT2D eigenvalue weighted by atomic mass is 9.44. The summed E-state index contributed by atoms with van der Waals surface area (Å²) in [5, 5.41) is 20.3. The Morgan fingerprint density at radius 3 is 2.55 bits per heavy atom. The van der Waals surface area contributed by atoms with Gasteiger partial charge < -0.3 is 24.4 Å². The summed E-state index contributed by atoms with van der Waals surface area (Å²) in [5.41, 5.74) is 1.65. The van der Waals surface area contributed by atoms with Crippen LogP contribution in [0.2, 0.25) is 0 Å². The predicted molar refractivity (Wildman–Crippen MR) is 158 cm³/mol. The van der Waals surface area contributed by atoms with Crippen LogP contribution >= 0.6 is 0 Å². The van der Waals surface area contributed by atoms with Crippen molar-refractivity contribution in [2.24, 2.45) is 52.3 Å². The molecule has 0 bridgehead atoms. The van der Waals surface area contributed by atoms with Gasteiger partial charge in [0.1, 0.15) is 6.61 Å². The van der Waals surface area contributed by atoms with Crippen molar-refractivity contribution in [3.8, 4) is 0 Å². The molecule has 0 aliphatic heterocycles.